The zero-order chi connectivity index (χ0) is 39.7. The lowest BCUT2D eigenvalue weighted by atomic mass is 9.89. The van der Waals surface area contributed by atoms with E-state index in [0.29, 0.717) is 55.7 Å². The quantitative estimate of drug-likeness (QED) is 0.0653. The van der Waals surface area contributed by atoms with Crippen LogP contribution in [0.1, 0.15) is 59.1 Å². The summed E-state index contributed by atoms with van der Waals surface area (Å²) in [6.07, 6.45) is 6.45. The van der Waals surface area contributed by atoms with Crippen molar-refractivity contribution >= 4 is 29.1 Å². The SMILES string of the molecule is CNc1cncc(COc2cc(OCc3cccc(-c4cccc(-c5ccc(CNC[C@@H]6CCC(=O)N6)cc5)c4C)c3C)c(Cl)cc2CNC[C@@H]2CCC(=O)N2)c1. The van der Waals surface area contributed by atoms with Crippen LogP contribution in [-0.4, -0.2) is 49.0 Å². The average molecular weight is 787 g/mol. The Morgan fingerprint density at radius 1 is 0.702 bits per heavy atom. The molecule has 5 N–H and O–H groups in total. The van der Waals surface area contributed by atoms with Gasteiger partial charge >= 0.3 is 0 Å². The number of carbonyl (C=O) groups excluding carboxylic acids is 2. The maximum atomic E-state index is 11.7. The molecule has 2 fully saturated rings. The molecule has 2 amide bonds. The zero-order valence-corrected chi connectivity index (χ0v) is 33.6. The van der Waals surface area contributed by atoms with Crippen molar-refractivity contribution in [2.45, 2.75) is 77.9 Å². The van der Waals surface area contributed by atoms with Crippen molar-refractivity contribution in [1.29, 1.82) is 0 Å². The summed E-state index contributed by atoms with van der Waals surface area (Å²) in [5.74, 6) is 1.43. The molecule has 5 aromatic rings. The topological polar surface area (TPSA) is 126 Å². The summed E-state index contributed by atoms with van der Waals surface area (Å²) in [4.78, 5) is 27.5. The van der Waals surface area contributed by atoms with Gasteiger partial charge in [0.2, 0.25) is 11.8 Å². The number of ether oxygens (including phenoxy) is 2. The molecule has 2 aliphatic rings. The smallest absolute Gasteiger partial charge is 0.220 e. The lowest BCUT2D eigenvalue weighted by Gasteiger charge is -2.19. The number of anilines is 1. The molecule has 4 aromatic carbocycles. The number of nitrogens with zero attached hydrogens (tertiary/aromatic N) is 1. The van der Waals surface area contributed by atoms with Gasteiger partial charge in [-0.3, -0.25) is 14.6 Å². The third-order valence-electron chi connectivity index (χ3n) is 10.9. The van der Waals surface area contributed by atoms with Gasteiger partial charge in [-0.25, -0.2) is 0 Å². The molecule has 0 saturated carbocycles. The van der Waals surface area contributed by atoms with Gasteiger partial charge in [0.15, 0.2) is 0 Å². The highest BCUT2D eigenvalue weighted by molar-refractivity contribution is 6.32. The van der Waals surface area contributed by atoms with Crippen LogP contribution < -0.4 is 36.1 Å². The van der Waals surface area contributed by atoms with Crippen LogP contribution in [0.2, 0.25) is 5.02 Å². The molecule has 0 aliphatic carbocycles. The Labute approximate surface area is 340 Å². The molecule has 10 nitrogen and oxygen atoms in total. The second kappa shape index (κ2) is 18.7. The van der Waals surface area contributed by atoms with Gasteiger partial charge in [-0.15, -0.1) is 0 Å². The second-order valence-corrected chi connectivity index (χ2v) is 15.3. The van der Waals surface area contributed by atoms with Gasteiger partial charge in [-0.1, -0.05) is 72.3 Å². The van der Waals surface area contributed by atoms with Crippen molar-refractivity contribution in [2.75, 3.05) is 25.5 Å². The van der Waals surface area contributed by atoms with Crippen molar-refractivity contribution in [3.05, 3.63) is 130 Å². The molecule has 2 saturated heterocycles. The highest BCUT2D eigenvalue weighted by Crippen LogP contribution is 2.37. The molecule has 2 aliphatic heterocycles. The van der Waals surface area contributed by atoms with Gasteiger partial charge in [-0.05, 0) is 83.3 Å². The monoisotopic (exact) mass is 786 g/mol. The summed E-state index contributed by atoms with van der Waals surface area (Å²) in [6, 6.07) is 27.6. The highest BCUT2D eigenvalue weighted by Gasteiger charge is 2.22. The van der Waals surface area contributed by atoms with E-state index in [-0.39, 0.29) is 23.9 Å². The number of hydrogen-bond acceptors (Lipinski definition) is 8. The molecule has 0 unspecified atom stereocenters. The van der Waals surface area contributed by atoms with Crippen molar-refractivity contribution in [2.24, 2.45) is 0 Å². The van der Waals surface area contributed by atoms with Crippen LogP contribution in [-0.2, 0) is 35.9 Å². The number of halogens is 1. The molecule has 57 heavy (non-hydrogen) atoms. The normalized spacial score (nSPS) is 16.4. The molecular formula is C46H51ClN6O4. The molecule has 1 aromatic heterocycles. The minimum atomic E-state index is 0.0946. The predicted octanol–water partition coefficient (Wildman–Crippen LogP) is 7.62. The third kappa shape index (κ3) is 10.1. The molecule has 296 valence electrons. The molecule has 11 heteroatoms. The van der Waals surface area contributed by atoms with Crippen LogP contribution in [0.3, 0.4) is 0 Å². The van der Waals surface area contributed by atoms with Crippen LogP contribution >= 0.6 is 11.6 Å². The maximum absolute atomic E-state index is 11.7. The number of benzene rings is 4. The molecule has 0 radical (unpaired) electrons. The Bertz CT molecular complexity index is 2210. The van der Waals surface area contributed by atoms with Crippen LogP contribution in [0.4, 0.5) is 5.69 Å². The van der Waals surface area contributed by atoms with E-state index < -0.39 is 0 Å². The van der Waals surface area contributed by atoms with Crippen molar-refractivity contribution in [3.63, 3.8) is 0 Å². The molecule has 2 atom stereocenters. The van der Waals surface area contributed by atoms with Crippen LogP contribution in [0.15, 0.2) is 91.3 Å². The van der Waals surface area contributed by atoms with Crippen LogP contribution in [0.25, 0.3) is 22.3 Å². The summed E-state index contributed by atoms with van der Waals surface area (Å²) < 4.78 is 12.8. The number of amides is 2. The lowest BCUT2D eigenvalue weighted by Crippen LogP contribution is -2.35. The summed E-state index contributed by atoms with van der Waals surface area (Å²) >= 11 is 6.88. The zero-order valence-electron chi connectivity index (χ0n) is 32.8. The minimum absolute atomic E-state index is 0.0946. The first-order chi connectivity index (χ1) is 27.7. The fourth-order valence-electron chi connectivity index (χ4n) is 7.59. The van der Waals surface area contributed by atoms with E-state index in [1.54, 1.807) is 12.4 Å². The van der Waals surface area contributed by atoms with E-state index in [9.17, 15) is 9.59 Å². The van der Waals surface area contributed by atoms with Gasteiger partial charge in [-0.2, -0.15) is 0 Å². The average Bonchev–Trinajstić information content (AvgIpc) is 3.84. The van der Waals surface area contributed by atoms with Gasteiger partial charge in [0.25, 0.3) is 0 Å². The van der Waals surface area contributed by atoms with E-state index >= 15 is 0 Å². The Kier molecular flexibility index (Phi) is 13.0. The minimum Gasteiger partial charge on any atom is -0.488 e. The first kappa shape index (κ1) is 39.8. The molecule has 7 rings (SSSR count). The maximum Gasteiger partial charge on any atom is 0.220 e. The summed E-state index contributed by atoms with van der Waals surface area (Å²) in [7, 11) is 1.86. The Morgan fingerprint density at radius 3 is 2.04 bits per heavy atom. The standard InChI is InChI=1S/C46H51ClN6O4/c1-29-34(6-4-8-40(29)41-9-5-7-39(30(41)2)33-12-10-31(11-13-33)21-49-24-36-14-16-45(54)52-36)28-57-44-20-43(56-27-32-18-38(48-3)26-50-22-32)35(19-42(44)47)23-51-25-37-15-17-46(55)53-37/h4-13,18-20,22,26,36-37,48-49,51H,14-17,21,23-25,27-28H2,1-3H3,(H,52,54)(H,53,55)/t36-,37-/m0/s1. The fourth-order valence-corrected chi connectivity index (χ4v) is 7.83. The van der Waals surface area contributed by atoms with E-state index in [2.05, 4.69) is 106 Å². The predicted molar refractivity (Wildman–Crippen MR) is 226 cm³/mol. The Hall–Kier alpha value is -5.42. The number of nitrogens with one attached hydrogen (secondary N) is 5. The van der Waals surface area contributed by atoms with E-state index in [1.807, 2.05) is 25.2 Å². The first-order valence-corrected chi connectivity index (χ1v) is 20.1. The summed E-state index contributed by atoms with van der Waals surface area (Å²) in [5.41, 5.74) is 12.0. The number of pyridine rings is 1. The molecule has 0 spiro atoms. The van der Waals surface area contributed by atoms with Crippen molar-refractivity contribution in [3.8, 4) is 33.8 Å². The van der Waals surface area contributed by atoms with Gasteiger partial charge < -0.3 is 36.1 Å². The largest absolute Gasteiger partial charge is 0.488 e. The summed E-state index contributed by atoms with van der Waals surface area (Å²) in [5, 5.41) is 16.6. The first-order valence-electron chi connectivity index (χ1n) is 19.7. The fraction of sp³-hybridized carbons (Fsp3) is 0.326. The Balaban J connectivity index is 1.04. The lowest BCUT2D eigenvalue weighted by molar-refractivity contribution is -0.120. The van der Waals surface area contributed by atoms with E-state index in [1.165, 1.54) is 27.8 Å². The molecular weight excluding hydrogens is 736 g/mol. The van der Waals surface area contributed by atoms with Crippen molar-refractivity contribution in [1.82, 2.24) is 26.3 Å². The second-order valence-electron chi connectivity index (χ2n) is 14.9. The third-order valence-corrected chi connectivity index (χ3v) is 11.2. The molecule has 0 bridgehead atoms. The van der Waals surface area contributed by atoms with Crippen LogP contribution in [0, 0.1) is 13.8 Å². The van der Waals surface area contributed by atoms with Gasteiger partial charge in [0.1, 0.15) is 24.7 Å². The number of carbonyl (C=O) groups is 2. The number of rotatable bonds is 17. The summed E-state index contributed by atoms with van der Waals surface area (Å²) in [6.45, 7) is 7.67. The number of aromatic nitrogens is 1. The van der Waals surface area contributed by atoms with E-state index in [4.69, 9.17) is 21.1 Å². The highest BCUT2D eigenvalue weighted by atomic mass is 35.5. The van der Waals surface area contributed by atoms with Gasteiger partial charge in [0.05, 0.1) is 10.7 Å². The van der Waals surface area contributed by atoms with Crippen LogP contribution in [0.5, 0.6) is 11.5 Å². The van der Waals surface area contributed by atoms with Gasteiger partial charge in [0, 0.05) is 87.7 Å². The molecule has 3 heterocycles. The Morgan fingerprint density at radius 2 is 1.35 bits per heavy atom. The number of hydrogen-bond donors (Lipinski definition) is 5. The van der Waals surface area contributed by atoms with E-state index in [0.717, 1.165) is 59.4 Å². The van der Waals surface area contributed by atoms with Crippen molar-refractivity contribution < 1.29 is 19.1 Å².